The van der Waals surface area contributed by atoms with Gasteiger partial charge in [0.1, 0.15) is 11.6 Å². The van der Waals surface area contributed by atoms with E-state index in [0.29, 0.717) is 0 Å². The minimum Gasteiger partial charge on any atom is -0.496 e. The van der Waals surface area contributed by atoms with E-state index in [0.717, 1.165) is 34.4 Å². The molecule has 0 unspecified atom stereocenters. The van der Waals surface area contributed by atoms with Crippen LogP contribution in [0.5, 0.6) is 5.75 Å². The fraction of sp³-hybridized carbons (Fsp3) is 0.381. The number of hydrogen-bond donors (Lipinski definition) is 1. The SMILES string of the molecule is COc1ccc(F)cc1C(=O)Cn1cc(C(C)=O)c(=O)n(CCNC(=O)C(C)C)c1=O. The highest BCUT2D eigenvalue weighted by Gasteiger charge is 2.19. The van der Waals surface area contributed by atoms with Crippen molar-refractivity contribution in [1.82, 2.24) is 14.5 Å². The fourth-order valence-corrected chi connectivity index (χ4v) is 2.84. The molecule has 0 fully saturated rings. The van der Waals surface area contributed by atoms with Crippen LogP contribution in [0.3, 0.4) is 0 Å². The van der Waals surface area contributed by atoms with Gasteiger partial charge in [-0.15, -0.1) is 0 Å². The lowest BCUT2D eigenvalue weighted by Crippen LogP contribution is -2.45. The maximum atomic E-state index is 13.6. The predicted molar refractivity (Wildman–Crippen MR) is 110 cm³/mol. The normalized spacial score (nSPS) is 10.8. The average Bonchev–Trinajstić information content (AvgIpc) is 2.71. The monoisotopic (exact) mass is 433 g/mol. The van der Waals surface area contributed by atoms with Crippen molar-refractivity contribution in [2.24, 2.45) is 5.92 Å². The Kier molecular flexibility index (Phi) is 7.62. The maximum Gasteiger partial charge on any atom is 0.331 e. The summed E-state index contributed by atoms with van der Waals surface area (Å²) in [6.07, 6.45) is 1.01. The Morgan fingerprint density at radius 1 is 1.16 bits per heavy atom. The van der Waals surface area contributed by atoms with Gasteiger partial charge in [0.05, 0.1) is 24.8 Å². The Morgan fingerprint density at radius 2 is 1.84 bits per heavy atom. The lowest BCUT2D eigenvalue weighted by molar-refractivity contribution is -0.124. The van der Waals surface area contributed by atoms with Crippen LogP contribution in [0.2, 0.25) is 0 Å². The smallest absolute Gasteiger partial charge is 0.331 e. The molecule has 9 nitrogen and oxygen atoms in total. The molecule has 1 aromatic carbocycles. The number of benzene rings is 1. The quantitative estimate of drug-likeness (QED) is 0.590. The van der Waals surface area contributed by atoms with Crippen LogP contribution in [0, 0.1) is 11.7 Å². The van der Waals surface area contributed by atoms with Gasteiger partial charge in [-0.25, -0.2) is 9.18 Å². The lowest BCUT2D eigenvalue weighted by atomic mass is 10.1. The summed E-state index contributed by atoms with van der Waals surface area (Å²) in [4.78, 5) is 61.7. The third-order valence-electron chi connectivity index (χ3n) is 4.55. The number of carbonyl (C=O) groups is 3. The Labute approximate surface area is 177 Å². The topological polar surface area (TPSA) is 116 Å². The third kappa shape index (κ3) is 5.53. The van der Waals surface area contributed by atoms with E-state index in [-0.39, 0.29) is 41.8 Å². The molecule has 31 heavy (non-hydrogen) atoms. The largest absolute Gasteiger partial charge is 0.496 e. The van der Waals surface area contributed by atoms with E-state index in [2.05, 4.69) is 5.32 Å². The molecule has 0 spiro atoms. The Morgan fingerprint density at radius 3 is 2.42 bits per heavy atom. The van der Waals surface area contributed by atoms with Gasteiger partial charge in [0.2, 0.25) is 5.91 Å². The zero-order valence-electron chi connectivity index (χ0n) is 17.7. The van der Waals surface area contributed by atoms with Crippen molar-refractivity contribution in [2.75, 3.05) is 13.7 Å². The molecular weight excluding hydrogens is 409 g/mol. The molecule has 0 aliphatic carbocycles. The van der Waals surface area contributed by atoms with Gasteiger partial charge in [-0.3, -0.25) is 28.3 Å². The van der Waals surface area contributed by atoms with Gasteiger partial charge in [-0.1, -0.05) is 13.8 Å². The molecule has 2 rings (SSSR count). The molecule has 0 aliphatic heterocycles. The number of nitrogens with one attached hydrogen (secondary N) is 1. The molecule has 1 aromatic heterocycles. The van der Waals surface area contributed by atoms with Crippen LogP contribution in [0.4, 0.5) is 4.39 Å². The van der Waals surface area contributed by atoms with Crippen LogP contribution in [-0.4, -0.2) is 40.3 Å². The van der Waals surface area contributed by atoms with Gasteiger partial charge in [0.15, 0.2) is 11.6 Å². The molecule has 0 saturated carbocycles. The molecule has 0 bridgehead atoms. The number of hydrogen-bond acceptors (Lipinski definition) is 6. The Balaban J connectivity index is 2.43. The molecule has 166 valence electrons. The van der Waals surface area contributed by atoms with E-state index in [1.807, 2.05) is 0 Å². The maximum absolute atomic E-state index is 13.6. The number of ketones is 2. The van der Waals surface area contributed by atoms with Crippen LogP contribution >= 0.6 is 0 Å². The van der Waals surface area contributed by atoms with Gasteiger partial charge < -0.3 is 10.1 Å². The van der Waals surface area contributed by atoms with E-state index in [1.165, 1.54) is 13.2 Å². The average molecular weight is 433 g/mol. The van der Waals surface area contributed by atoms with Crippen LogP contribution < -0.4 is 21.3 Å². The number of carbonyl (C=O) groups excluding carboxylic acids is 3. The van der Waals surface area contributed by atoms with Gasteiger partial charge in [0.25, 0.3) is 5.56 Å². The van der Waals surface area contributed by atoms with Crippen molar-refractivity contribution in [3.8, 4) is 5.75 Å². The van der Waals surface area contributed by atoms with E-state index in [9.17, 15) is 28.4 Å². The van der Waals surface area contributed by atoms with Crippen LogP contribution in [0.25, 0.3) is 0 Å². The first-order valence-electron chi connectivity index (χ1n) is 9.56. The van der Waals surface area contributed by atoms with Crippen molar-refractivity contribution in [2.45, 2.75) is 33.9 Å². The highest BCUT2D eigenvalue weighted by atomic mass is 19.1. The summed E-state index contributed by atoms with van der Waals surface area (Å²) in [6.45, 7) is 3.80. The minimum atomic E-state index is -0.836. The second-order valence-electron chi connectivity index (χ2n) is 7.18. The second-order valence-corrected chi connectivity index (χ2v) is 7.18. The predicted octanol–water partition coefficient (Wildman–Crippen LogP) is 1.02. The summed E-state index contributed by atoms with van der Waals surface area (Å²) in [5.74, 6) is -2.32. The molecule has 1 heterocycles. The molecule has 0 atom stereocenters. The number of ether oxygens (including phenoxy) is 1. The van der Waals surface area contributed by atoms with Crippen LogP contribution in [-0.2, 0) is 17.9 Å². The summed E-state index contributed by atoms with van der Waals surface area (Å²) < 4.78 is 20.4. The van der Waals surface area contributed by atoms with Gasteiger partial charge in [-0.2, -0.15) is 0 Å². The molecule has 0 radical (unpaired) electrons. The molecule has 1 N–H and O–H groups in total. The van der Waals surface area contributed by atoms with Gasteiger partial charge in [0, 0.05) is 25.2 Å². The summed E-state index contributed by atoms with van der Waals surface area (Å²) in [5, 5.41) is 2.58. The van der Waals surface area contributed by atoms with Crippen LogP contribution in [0.15, 0.2) is 34.0 Å². The third-order valence-corrected chi connectivity index (χ3v) is 4.55. The van der Waals surface area contributed by atoms with E-state index >= 15 is 0 Å². The van der Waals surface area contributed by atoms with E-state index < -0.39 is 35.2 Å². The Hall–Kier alpha value is -3.56. The standard InChI is InChI=1S/C21H24FN3O6/c1-12(2)19(28)23-7-8-25-20(29)16(13(3)26)10-24(21(25)30)11-17(27)15-9-14(22)5-6-18(15)31-4/h5-6,9-10,12H,7-8,11H2,1-4H3,(H,23,28). The first-order chi connectivity index (χ1) is 14.6. The molecule has 10 heteroatoms. The first-order valence-corrected chi connectivity index (χ1v) is 9.56. The number of halogens is 1. The number of Topliss-reactive ketones (excluding diaryl/α,β-unsaturated/α-hetero) is 2. The summed E-state index contributed by atoms with van der Waals surface area (Å²) in [7, 11) is 1.32. The van der Waals surface area contributed by atoms with Crippen molar-refractivity contribution in [3.63, 3.8) is 0 Å². The molecular formula is C21H24FN3O6. The van der Waals surface area contributed by atoms with Gasteiger partial charge >= 0.3 is 5.69 Å². The summed E-state index contributed by atoms with van der Waals surface area (Å²) >= 11 is 0. The lowest BCUT2D eigenvalue weighted by Gasteiger charge is -2.14. The molecule has 1 amide bonds. The Bertz CT molecular complexity index is 1130. The van der Waals surface area contributed by atoms with Crippen molar-refractivity contribution in [1.29, 1.82) is 0 Å². The number of aromatic nitrogens is 2. The molecule has 0 aliphatic rings. The second kappa shape index (κ2) is 9.96. The minimum absolute atomic E-state index is 0.0147. The molecule has 0 saturated heterocycles. The number of amides is 1. The summed E-state index contributed by atoms with van der Waals surface area (Å²) in [5.41, 5.74) is -2.02. The van der Waals surface area contributed by atoms with Crippen molar-refractivity contribution in [3.05, 3.63) is 62.2 Å². The van der Waals surface area contributed by atoms with Crippen molar-refractivity contribution < 1.29 is 23.5 Å². The zero-order valence-corrected chi connectivity index (χ0v) is 17.7. The number of methoxy groups -OCH3 is 1. The van der Waals surface area contributed by atoms with E-state index in [4.69, 9.17) is 4.74 Å². The zero-order chi connectivity index (χ0) is 23.3. The van der Waals surface area contributed by atoms with Crippen molar-refractivity contribution >= 4 is 17.5 Å². The first kappa shape index (κ1) is 23.7. The summed E-state index contributed by atoms with van der Waals surface area (Å²) in [6, 6.07) is 3.39. The highest BCUT2D eigenvalue weighted by Crippen LogP contribution is 2.20. The van der Waals surface area contributed by atoms with Gasteiger partial charge in [-0.05, 0) is 25.1 Å². The van der Waals surface area contributed by atoms with Crippen LogP contribution in [0.1, 0.15) is 41.5 Å². The molecule has 2 aromatic rings. The number of rotatable bonds is 9. The fourth-order valence-electron chi connectivity index (χ4n) is 2.84. The number of nitrogens with zero attached hydrogens (tertiary/aromatic N) is 2. The van der Waals surface area contributed by atoms with E-state index in [1.54, 1.807) is 13.8 Å². The highest BCUT2D eigenvalue weighted by molar-refractivity contribution is 5.98.